The molecule has 1 unspecified atom stereocenters. The number of amides is 1. The SMILES string of the molecule is CCCCOc1ccc(/C(O)=C2\C(=O)C(=O)N(CCOC)C2c2ccc(OC)c(OC)c2)cc1C. The lowest BCUT2D eigenvalue weighted by Crippen LogP contribution is -2.32. The zero-order valence-corrected chi connectivity index (χ0v) is 20.9. The number of methoxy groups -OCH3 is 3. The molecule has 0 bridgehead atoms. The van der Waals surface area contributed by atoms with E-state index < -0.39 is 17.7 Å². The number of hydrogen-bond acceptors (Lipinski definition) is 7. The maximum atomic E-state index is 13.2. The Morgan fingerprint density at radius 3 is 2.31 bits per heavy atom. The lowest BCUT2D eigenvalue weighted by molar-refractivity contribution is -0.140. The largest absolute Gasteiger partial charge is 0.507 e. The molecule has 2 aromatic carbocycles. The van der Waals surface area contributed by atoms with Crippen LogP contribution in [0.25, 0.3) is 5.76 Å². The van der Waals surface area contributed by atoms with E-state index in [-0.39, 0.29) is 24.5 Å². The Morgan fingerprint density at radius 2 is 1.69 bits per heavy atom. The highest BCUT2D eigenvalue weighted by Gasteiger charge is 2.46. The molecule has 3 rings (SSSR count). The molecular weight excluding hydrogens is 450 g/mol. The van der Waals surface area contributed by atoms with Crippen molar-refractivity contribution in [3.05, 3.63) is 58.7 Å². The van der Waals surface area contributed by atoms with Crippen LogP contribution in [0.15, 0.2) is 42.0 Å². The van der Waals surface area contributed by atoms with Crippen LogP contribution in [-0.4, -0.2) is 62.8 Å². The number of ether oxygens (including phenoxy) is 4. The number of aliphatic hydroxyl groups is 1. The Kier molecular flexibility index (Phi) is 8.76. The van der Waals surface area contributed by atoms with E-state index in [0.717, 1.165) is 18.4 Å². The third kappa shape index (κ3) is 5.43. The number of carbonyl (C=O) groups is 2. The Morgan fingerprint density at radius 1 is 0.971 bits per heavy atom. The summed E-state index contributed by atoms with van der Waals surface area (Å²) in [5.74, 6) is -0.0108. The van der Waals surface area contributed by atoms with Gasteiger partial charge in [-0.25, -0.2) is 0 Å². The second-order valence-electron chi connectivity index (χ2n) is 8.28. The molecule has 2 aromatic rings. The van der Waals surface area contributed by atoms with Gasteiger partial charge in [0.1, 0.15) is 11.5 Å². The molecule has 0 aromatic heterocycles. The van der Waals surface area contributed by atoms with Crippen LogP contribution < -0.4 is 14.2 Å². The van der Waals surface area contributed by atoms with Crippen molar-refractivity contribution in [1.29, 1.82) is 0 Å². The van der Waals surface area contributed by atoms with Crippen molar-refractivity contribution in [2.45, 2.75) is 32.7 Å². The molecule has 1 heterocycles. The first kappa shape index (κ1) is 26.1. The van der Waals surface area contributed by atoms with E-state index in [1.807, 2.05) is 6.92 Å². The van der Waals surface area contributed by atoms with E-state index in [0.29, 0.717) is 35.0 Å². The predicted molar refractivity (Wildman–Crippen MR) is 132 cm³/mol. The molecule has 1 amide bonds. The van der Waals surface area contributed by atoms with Crippen LogP contribution in [0.4, 0.5) is 0 Å². The van der Waals surface area contributed by atoms with Crippen LogP contribution in [0.3, 0.4) is 0 Å². The van der Waals surface area contributed by atoms with Crippen molar-refractivity contribution in [3.8, 4) is 17.2 Å². The summed E-state index contributed by atoms with van der Waals surface area (Å²) < 4.78 is 21.7. The van der Waals surface area contributed by atoms with Gasteiger partial charge in [0.2, 0.25) is 0 Å². The van der Waals surface area contributed by atoms with E-state index in [2.05, 4.69) is 6.92 Å². The minimum Gasteiger partial charge on any atom is -0.507 e. The van der Waals surface area contributed by atoms with Gasteiger partial charge in [0.25, 0.3) is 11.7 Å². The number of aliphatic hydroxyl groups excluding tert-OH is 1. The van der Waals surface area contributed by atoms with Crippen LogP contribution in [0, 0.1) is 6.92 Å². The second kappa shape index (κ2) is 11.8. The number of hydrogen-bond donors (Lipinski definition) is 1. The number of unbranched alkanes of at least 4 members (excludes halogenated alkanes) is 1. The smallest absolute Gasteiger partial charge is 0.295 e. The molecule has 0 spiro atoms. The quantitative estimate of drug-likeness (QED) is 0.221. The molecule has 8 heteroatoms. The molecule has 0 aliphatic carbocycles. The summed E-state index contributed by atoms with van der Waals surface area (Å²) in [4.78, 5) is 27.5. The van der Waals surface area contributed by atoms with Gasteiger partial charge >= 0.3 is 0 Å². The number of rotatable bonds is 11. The molecular formula is C27H33NO7. The Labute approximate surface area is 206 Å². The van der Waals surface area contributed by atoms with Gasteiger partial charge in [0.05, 0.1) is 39.0 Å². The average Bonchev–Trinajstić information content (AvgIpc) is 3.12. The maximum absolute atomic E-state index is 13.2. The predicted octanol–water partition coefficient (Wildman–Crippen LogP) is 4.26. The Hall–Kier alpha value is -3.52. The van der Waals surface area contributed by atoms with Crippen molar-refractivity contribution in [2.24, 2.45) is 0 Å². The van der Waals surface area contributed by atoms with Crippen LogP contribution in [0.5, 0.6) is 17.2 Å². The summed E-state index contributed by atoms with van der Waals surface area (Å²) in [6.45, 7) is 4.99. The standard InChI is InChI=1S/C27H33NO7/c1-6-7-13-35-20-10-9-19(15-17(20)2)25(29)23-24(28(12-14-32-3)27(31)26(23)30)18-8-11-21(33-4)22(16-18)34-5/h8-11,15-16,24,29H,6-7,12-14H2,1-5H3/b25-23+. The van der Waals surface area contributed by atoms with Crippen LogP contribution in [-0.2, 0) is 14.3 Å². The third-order valence-electron chi connectivity index (χ3n) is 6.00. The van der Waals surface area contributed by atoms with Gasteiger partial charge in [-0.05, 0) is 54.8 Å². The highest BCUT2D eigenvalue weighted by atomic mass is 16.5. The summed E-state index contributed by atoms with van der Waals surface area (Å²) in [5, 5.41) is 11.3. The van der Waals surface area contributed by atoms with E-state index >= 15 is 0 Å². The van der Waals surface area contributed by atoms with Gasteiger partial charge in [-0.2, -0.15) is 0 Å². The van der Waals surface area contributed by atoms with Crippen LogP contribution in [0.2, 0.25) is 0 Å². The molecule has 1 N–H and O–H groups in total. The summed E-state index contributed by atoms with van der Waals surface area (Å²) in [6.07, 6.45) is 1.97. The van der Waals surface area contributed by atoms with E-state index in [1.54, 1.807) is 36.4 Å². The highest BCUT2D eigenvalue weighted by Crippen LogP contribution is 2.42. The summed E-state index contributed by atoms with van der Waals surface area (Å²) >= 11 is 0. The summed E-state index contributed by atoms with van der Waals surface area (Å²) in [7, 11) is 4.56. The molecule has 35 heavy (non-hydrogen) atoms. The number of Topliss-reactive ketones (excluding diaryl/α,β-unsaturated/α-hetero) is 1. The van der Waals surface area contributed by atoms with Gasteiger partial charge in [-0.1, -0.05) is 19.4 Å². The molecule has 1 atom stereocenters. The van der Waals surface area contributed by atoms with Crippen molar-refractivity contribution < 1.29 is 33.6 Å². The first-order chi connectivity index (χ1) is 16.9. The number of aryl methyl sites for hydroxylation is 1. The number of carbonyl (C=O) groups excluding carboxylic acids is 2. The molecule has 1 fully saturated rings. The lowest BCUT2D eigenvalue weighted by Gasteiger charge is -2.25. The number of ketones is 1. The summed E-state index contributed by atoms with van der Waals surface area (Å²) in [5.41, 5.74) is 1.87. The molecule has 8 nitrogen and oxygen atoms in total. The van der Waals surface area contributed by atoms with E-state index in [9.17, 15) is 14.7 Å². The zero-order valence-electron chi connectivity index (χ0n) is 20.9. The Bertz CT molecular complexity index is 1110. The first-order valence-electron chi connectivity index (χ1n) is 11.6. The molecule has 0 saturated carbocycles. The van der Waals surface area contributed by atoms with Crippen molar-refractivity contribution in [3.63, 3.8) is 0 Å². The third-order valence-corrected chi connectivity index (χ3v) is 6.00. The topological polar surface area (TPSA) is 94.5 Å². The van der Waals surface area contributed by atoms with Crippen LogP contribution in [0.1, 0.15) is 42.5 Å². The zero-order chi connectivity index (χ0) is 25.5. The maximum Gasteiger partial charge on any atom is 0.295 e. The van der Waals surface area contributed by atoms with Crippen molar-refractivity contribution >= 4 is 17.4 Å². The number of nitrogens with zero attached hydrogens (tertiary/aromatic N) is 1. The fraction of sp³-hybridized carbons (Fsp3) is 0.407. The molecule has 1 saturated heterocycles. The van der Waals surface area contributed by atoms with Gasteiger partial charge in [0, 0.05) is 19.2 Å². The lowest BCUT2D eigenvalue weighted by atomic mass is 9.94. The average molecular weight is 484 g/mol. The van der Waals surface area contributed by atoms with Gasteiger partial charge in [-0.3, -0.25) is 9.59 Å². The van der Waals surface area contributed by atoms with Crippen LogP contribution >= 0.6 is 0 Å². The van der Waals surface area contributed by atoms with Crippen molar-refractivity contribution in [1.82, 2.24) is 4.90 Å². The fourth-order valence-corrected chi connectivity index (χ4v) is 4.11. The van der Waals surface area contributed by atoms with E-state index in [4.69, 9.17) is 18.9 Å². The minimum atomic E-state index is -0.814. The van der Waals surface area contributed by atoms with E-state index in [1.165, 1.54) is 26.2 Å². The highest BCUT2D eigenvalue weighted by molar-refractivity contribution is 6.46. The van der Waals surface area contributed by atoms with Gasteiger partial charge in [0.15, 0.2) is 11.5 Å². The molecule has 0 radical (unpaired) electrons. The molecule has 1 aliphatic rings. The van der Waals surface area contributed by atoms with Gasteiger partial charge in [-0.15, -0.1) is 0 Å². The number of likely N-dealkylation sites (tertiary alicyclic amines) is 1. The number of benzene rings is 2. The minimum absolute atomic E-state index is 0.0115. The summed E-state index contributed by atoms with van der Waals surface area (Å²) in [6, 6.07) is 9.57. The Balaban J connectivity index is 2.10. The molecule has 1 aliphatic heterocycles. The molecule has 188 valence electrons. The normalized spacial score (nSPS) is 17.1. The van der Waals surface area contributed by atoms with Crippen molar-refractivity contribution in [2.75, 3.05) is 41.1 Å². The fourth-order valence-electron chi connectivity index (χ4n) is 4.11. The first-order valence-corrected chi connectivity index (χ1v) is 11.6. The monoisotopic (exact) mass is 483 g/mol. The second-order valence-corrected chi connectivity index (χ2v) is 8.28. The van der Waals surface area contributed by atoms with Gasteiger partial charge < -0.3 is 29.0 Å².